The second-order valence-electron chi connectivity index (χ2n) is 8.90. The zero-order valence-corrected chi connectivity index (χ0v) is 20.4. The molecular formula is C26H13F8N3O5. The van der Waals surface area contributed by atoms with Crippen LogP contribution in [0.4, 0.5) is 45.6 Å². The highest BCUT2D eigenvalue weighted by molar-refractivity contribution is 5.93. The van der Waals surface area contributed by atoms with Gasteiger partial charge >= 0.3 is 31.0 Å². The number of carbonyl (C=O) groups excluding carboxylic acids is 1. The lowest BCUT2D eigenvalue weighted by molar-refractivity contribution is -0.296. The highest BCUT2D eigenvalue weighted by atomic mass is 19.3. The molecule has 0 saturated heterocycles. The van der Waals surface area contributed by atoms with E-state index in [1.807, 2.05) is 0 Å². The molecule has 2 aliphatic heterocycles. The van der Waals surface area contributed by atoms with E-state index in [9.17, 15) is 39.9 Å². The number of ether oxygens (including phenoxy) is 4. The molecule has 0 spiro atoms. The van der Waals surface area contributed by atoms with Crippen molar-refractivity contribution < 1.29 is 58.9 Å². The fourth-order valence-corrected chi connectivity index (χ4v) is 4.30. The Balaban J connectivity index is 1.36. The fourth-order valence-electron chi connectivity index (χ4n) is 4.30. The number of benzene rings is 3. The number of hydrogen-bond donors (Lipinski definition) is 1. The molecule has 218 valence electrons. The minimum Gasteiger partial charge on any atom is -0.435 e. The molecule has 0 saturated carbocycles. The number of nitrogens with zero attached hydrogens (tertiary/aromatic N) is 2. The lowest BCUT2D eigenvalue weighted by Crippen LogP contribution is -2.37. The number of carbonyl (C=O) groups is 1. The van der Waals surface area contributed by atoms with Crippen LogP contribution in [0.3, 0.4) is 0 Å². The van der Waals surface area contributed by atoms with E-state index in [1.165, 1.54) is 48.7 Å². The summed E-state index contributed by atoms with van der Waals surface area (Å²) in [5.41, 5.74) is -0.713. The van der Waals surface area contributed by atoms with Crippen molar-refractivity contribution in [2.45, 2.75) is 24.9 Å². The molecule has 0 atom stereocenters. The van der Waals surface area contributed by atoms with Crippen LogP contribution in [0.5, 0.6) is 23.0 Å². The number of rotatable bonds is 5. The molecule has 8 nitrogen and oxygen atoms in total. The number of amides is 1. The summed E-state index contributed by atoms with van der Waals surface area (Å²) in [6.45, 7) is -3.09. The molecule has 0 radical (unpaired) electrons. The van der Waals surface area contributed by atoms with E-state index in [0.717, 1.165) is 16.8 Å². The molecular weight excluding hydrogens is 586 g/mol. The maximum atomic E-state index is 14.1. The molecule has 42 heavy (non-hydrogen) atoms. The van der Waals surface area contributed by atoms with Crippen molar-refractivity contribution in [1.82, 2.24) is 9.78 Å². The van der Waals surface area contributed by atoms with E-state index in [4.69, 9.17) is 0 Å². The summed E-state index contributed by atoms with van der Waals surface area (Å²) in [5, 5.41) is 6.45. The summed E-state index contributed by atoms with van der Waals surface area (Å²) in [4.78, 5) is 13.1. The van der Waals surface area contributed by atoms with Crippen LogP contribution >= 0.6 is 0 Å². The van der Waals surface area contributed by atoms with E-state index in [2.05, 4.69) is 29.4 Å². The summed E-state index contributed by atoms with van der Waals surface area (Å²) in [5.74, 6) is -6.18. The predicted octanol–water partition coefficient (Wildman–Crippen LogP) is 7.30. The van der Waals surface area contributed by atoms with Crippen molar-refractivity contribution in [2.75, 3.05) is 5.32 Å². The van der Waals surface area contributed by atoms with Gasteiger partial charge in [-0.25, -0.2) is 4.79 Å². The maximum absolute atomic E-state index is 14.1. The molecule has 16 heteroatoms. The Bertz CT molecular complexity index is 1710. The van der Waals surface area contributed by atoms with Gasteiger partial charge in [0.05, 0.1) is 5.56 Å². The zero-order valence-electron chi connectivity index (χ0n) is 20.4. The third-order valence-electron chi connectivity index (χ3n) is 6.16. The predicted molar refractivity (Wildman–Crippen MR) is 126 cm³/mol. The molecule has 1 aromatic heterocycles. The van der Waals surface area contributed by atoms with Crippen LogP contribution < -0.4 is 24.3 Å². The van der Waals surface area contributed by atoms with Gasteiger partial charge in [0.15, 0.2) is 11.5 Å². The molecule has 3 heterocycles. The van der Waals surface area contributed by atoms with Crippen LogP contribution in [0.1, 0.15) is 5.56 Å². The normalized spacial score (nSPS) is 17.1. The summed E-state index contributed by atoms with van der Waals surface area (Å²) in [7, 11) is 0. The lowest BCUT2D eigenvalue weighted by Gasteiger charge is -2.16. The van der Waals surface area contributed by atoms with Crippen LogP contribution in [0.15, 0.2) is 66.9 Å². The highest BCUT2D eigenvalue weighted by Crippen LogP contribution is 2.54. The van der Waals surface area contributed by atoms with Gasteiger partial charge in [-0.2, -0.15) is 36.1 Å². The average molecular weight is 599 g/mol. The van der Waals surface area contributed by atoms with Gasteiger partial charge in [0, 0.05) is 23.0 Å². The van der Waals surface area contributed by atoms with Gasteiger partial charge in [0.2, 0.25) is 0 Å². The van der Waals surface area contributed by atoms with Crippen molar-refractivity contribution in [3.05, 3.63) is 72.4 Å². The van der Waals surface area contributed by atoms with Crippen LogP contribution in [0.2, 0.25) is 0 Å². The summed E-state index contributed by atoms with van der Waals surface area (Å²) in [6.07, 6.45) is -7.52. The van der Waals surface area contributed by atoms with Gasteiger partial charge in [-0.15, -0.1) is 8.78 Å². The van der Waals surface area contributed by atoms with Gasteiger partial charge < -0.3 is 24.3 Å². The van der Waals surface area contributed by atoms with E-state index < -0.39 is 42.3 Å². The van der Waals surface area contributed by atoms with Crippen LogP contribution in [-0.2, 0) is 5.92 Å². The number of nitrogens with one attached hydrogen (secondary N) is 1. The number of hydrogen-bond acceptors (Lipinski definition) is 6. The van der Waals surface area contributed by atoms with Gasteiger partial charge in [0.25, 0.3) is 0 Å². The number of anilines is 1. The standard InChI is InChI=1S/C26H13F8N3O5/c27-22(28)39-15-5-1-12(2-6-15)21-16(13-3-7-19-20(9-13)42-26(33,34)41-19)11-37(36-21)23(38)35-14-4-8-18-17(10-14)24(29,30)25(31,32)40-18/h1-11,22H,(H,35,38). The zero-order chi connectivity index (χ0) is 30.0. The van der Waals surface area contributed by atoms with E-state index in [1.54, 1.807) is 0 Å². The second kappa shape index (κ2) is 9.25. The minimum absolute atomic E-state index is 0.0629. The van der Waals surface area contributed by atoms with E-state index >= 15 is 0 Å². The topological polar surface area (TPSA) is 83.8 Å². The second-order valence-corrected chi connectivity index (χ2v) is 8.90. The first-order chi connectivity index (χ1) is 19.7. The molecule has 0 unspecified atom stereocenters. The van der Waals surface area contributed by atoms with Gasteiger partial charge in [-0.1, -0.05) is 6.07 Å². The van der Waals surface area contributed by atoms with Crippen molar-refractivity contribution >= 4 is 11.7 Å². The monoisotopic (exact) mass is 599 g/mol. The first kappa shape index (κ1) is 27.2. The van der Waals surface area contributed by atoms with Gasteiger partial charge in [-0.05, 0) is 60.2 Å². The first-order valence-corrected chi connectivity index (χ1v) is 11.7. The smallest absolute Gasteiger partial charge is 0.435 e. The Kier molecular flexibility index (Phi) is 5.98. The largest absolute Gasteiger partial charge is 0.586 e. The maximum Gasteiger partial charge on any atom is 0.586 e. The Labute approximate surface area is 229 Å². The average Bonchev–Trinajstić information content (AvgIpc) is 3.53. The SMILES string of the molecule is O=C(Nc1ccc2c(c1)C(F)(F)C(F)(F)O2)n1cc(-c2ccc3c(c2)OC(F)(F)O3)c(-c2ccc(OC(F)F)cc2)n1. The van der Waals surface area contributed by atoms with Gasteiger partial charge in [0.1, 0.15) is 17.2 Å². The first-order valence-electron chi connectivity index (χ1n) is 11.7. The van der Waals surface area contributed by atoms with E-state index in [-0.39, 0.29) is 45.3 Å². The van der Waals surface area contributed by atoms with Crippen molar-refractivity contribution in [3.8, 4) is 45.4 Å². The molecule has 1 amide bonds. The number of fused-ring (bicyclic) bond motifs is 2. The number of halogens is 8. The van der Waals surface area contributed by atoms with Crippen LogP contribution in [-0.4, -0.2) is 34.8 Å². The highest BCUT2D eigenvalue weighted by Gasteiger charge is 2.66. The fraction of sp³-hybridized carbons (Fsp3) is 0.154. The molecule has 2 aliphatic rings. The van der Waals surface area contributed by atoms with Crippen molar-refractivity contribution in [3.63, 3.8) is 0 Å². The quantitative estimate of drug-likeness (QED) is 0.243. The Morgan fingerprint density at radius 2 is 1.50 bits per heavy atom. The lowest BCUT2D eigenvalue weighted by atomic mass is 10.0. The van der Waals surface area contributed by atoms with E-state index in [0.29, 0.717) is 6.07 Å². The van der Waals surface area contributed by atoms with Crippen LogP contribution in [0, 0.1) is 0 Å². The molecule has 4 aromatic rings. The Morgan fingerprint density at radius 3 is 2.21 bits per heavy atom. The van der Waals surface area contributed by atoms with Crippen LogP contribution in [0.25, 0.3) is 22.4 Å². The molecule has 0 fully saturated rings. The number of aromatic nitrogens is 2. The molecule has 0 bridgehead atoms. The summed E-state index contributed by atoms with van der Waals surface area (Å²) in [6, 6.07) is 10.3. The summed E-state index contributed by atoms with van der Waals surface area (Å²) < 4.78 is 126. The molecule has 1 N–H and O–H groups in total. The van der Waals surface area contributed by atoms with Gasteiger partial charge in [-0.3, -0.25) is 0 Å². The Morgan fingerprint density at radius 1 is 0.833 bits per heavy atom. The number of alkyl halides is 8. The van der Waals surface area contributed by atoms with Crippen molar-refractivity contribution in [1.29, 1.82) is 0 Å². The molecule has 3 aromatic carbocycles. The summed E-state index contributed by atoms with van der Waals surface area (Å²) >= 11 is 0. The Hall–Kier alpha value is -5.02. The minimum atomic E-state index is -4.78. The molecule has 6 rings (SSSR count). The third-order valence-corrected chi connectivity index (χ3v) is 6.16. The van der Waals surface area contributed by atoms with Crippen molar-refractivity contribution in [2.24, 2.45) is 0 Å². The third kappa shape index (κ3) is 4.67. The molecule has 0 aliphatic carbocycles.